The van der Waals surface area contributed by atoms with Gasteiger partial charge in [0, 0.05) is 17.8 Å². The van der Waals surface area contributed by atoms with Gasteiger partial charge in [0.1, 0.15) is 6.10 Å². The predicted octanol–water partition coefficient (Wildman–Crippen LogP) is 0.805. The first-order valence-corrected chi connectivity index (χ1v) is 9.11. The minimum Gasteiger partial charge on any atom is -0.388 e. The molecule has 0 bridgehead atoms. The summed E-state index contributed by atoms with van der Waals surface area (Å²) in [7, 11) is 0. The van der Waals surface area contributed by atoms with E-state index in [1.807, 2.05) is 0 Å². The van der Waals surface area contributed by atoms with E-state index < -0.39 is 41.6 Å². The molecule has 9 nitrogen and oxygen atoms in total. The second-order valence-corrected chi connectivity index (χ2v) is 7.28. The molecule has 0 radical (unpaired) electrons. The van der Waals surface area contributed by atoms with E-state index in [2.05, 4.69) is 10.4 Å². The Morgan fingerprint density at radius 1 is 1.20 bits per heavy atom. The third kappa shape index (κ3) is 3.27. The summed E-state index contributed by atoms with van der Waals surface area (Å²) in [4.78, 5) is 27.5. The molecule has 3 amide bonds. The molecule has 2 aliphatic heterocycles. The van der Waals surface area contributed by atoms with Crippen LogP contribution in [-0.4, -0.2) is 61.6 Å². The number of aliphatic hydroxyl groups excluding tert-OH is 2. The standard InChI is InChI=1S/C18H18F3N5O4/c1-8-5-26-13(12(4-22-26)25-7-14(27)16(28)17(25)29)6-24(8)18(30)23-9-2-10(19)15(21)11(20)3-9/h2-4,8,14,16,27-28H,5-7H2,1H3,(H,23,30)/t8-,14+,16?/m0/s1. The lowest BCUT2D eigenvalue weighted by Gasteiger charge is -2.35. The number of amides is 3. The van der Waals surface area contributed by atoms with Crippen molar-refractivity contribution in [3.05, 3.63) is 41.5 Å². The minimum atomic E-state index is -1.63. The average Bonchev–Trinajstić information content (AvgIpc) is 3.20. The molecule has 2 aliphatic rings. The summed E-state index contributed by atoms with van der Waals surface area (Å²) in [6.45, 7) is 1.91. The minimum absolute atomic E-state index is 0.00443. The number of carbonyl (C=O) groups is 2. The van der Waals surface area contributed by atoms with Gasteiger partial charge in [-0.15, -0.1) is 0 Å². The van der Waals surface area contributed by atoms with Gasteiger partial charge in [-0.3, -0.25) is 9.48 Å². The summed E-state index contributed by atoms with van der Waals surface area (Å²) in [6, 6.07) is 0.309. The van der Waals surface area contributed by atoms with E-state index in [4.69, 9.17) is 0 Å². The molecule has 1 aromatic heterocycles. The van der Waals surface area contributed by atoms with E-state index in [1.54, 1.807) is 11.6 Å². The van der Waals surface area contributed by atoms with Crippen molar-refractivity contribution in [3.8, 4) is 0 Å². The van der Waals surface area contributed by atoms with Gasteiger partial charge < -0.3 is 25.3 Å². The summed E-state index contributed by atoms with van der Waals surface area (Å²) in [5, 5.41) is 26.0. The van der Waals surface area contributed by atoms with E-state index >= 15 is 0 Å². The second-order valence-electron chi connectivity index (χ2n) is 7.28. The first kappa shape index (κ1) is 20.2. The zero-order valence-electron chi connectivity index (χ0n) is 15.7. The van der Waals surface area contributed by atoms with Gasteiger partial charge in [0.05, 0.1) is 43.3 Å². The van der Waals surface area contributed by atoms with Crippen molar-refractivity contribution >= 4 is 23.3 Å². The first-order chi connectivity index (χ1) is 14.2. The van der Waals surface area contributed by atoms with E-state index in [9.17, 15) is 33.0 Å². The normalized spacial score (nSPS) is 23.7. The van der Waals surface area contributed by atoms with Crippen molar-refractivity contribution < 1.29 is 33.0 Å². The molecule has 3 heterocycles. The molecule has 0 spiro atoms. The van der Waals surface area contributed by atoms with Gasteiger partial charge in [-0.25, -0.2) is 18.0 Å². The molecule has 3 atom stereocenters. The zero-order chi connectivity index (χ0) is 21.7. The van der Waals surface area contributed by atoms with Crippen LogP contribution in [0.5, 0.6) is 0 Å². The van der Waals surface area contributed by atoms with Gasteiger partial charge in [-0.05, 0) is 6.92 Å². The molecule has 1 fully saturated rings. The van der Waals surface area contributed by atoms with E-state index in [-0.39, 0.29) is 31.4 Å². The van der Waals surface area contributed by atoms with Crippen LogP contribution in [0.2, 0.25) is 0 Å². The first-order valence-electron chi connectivity index (χ1n) is 9.11. The molecule has 2 aromatic rings. The molecule has 1 saturated heterocycles. The summed E-state index contributed by atoms with van der Waals surface area (Å²) in [5.74, 6) is -5.17. The third-order valence-corrected chi connectivity index (χ3v) is 5.26. The lowest BCUT2D eigenvalue weighted by atomic mass is 10.2. The maximum Gasteiger partial charge on any atom is 0.322 e. The van der Waals surface area contributed by atoms with Crippen LogP contribution in [0.25, 0.3) is 0 Å². The molecule has 0 aliphatic carbocycles. The highest BCUT2D eigenvalue weighted by molar-refractivity contribution is 6.00. The van der Waals surface area contributed by atoms with E-state index in [0.29, 0.717) is 23.5 Å². The zero-order valence-corrected chi connectivity index (χ0v) is 15.7. The molecule has 30 heavy (non-hydrogen) atoms. The summed E-state index contributed by atoms with van der Waals surface area (Å²) < 4.78 is 41.6. The van der Waals surface area contributed by atoms with Gasteiger partial charge in [0.2, 0.25) is 0 Å². The number of aromatic nitrogens is 2. The number of anilines is 2. The fourth-order valence-corrected chi connectivity index (χ4v) is 3.63. The van der Waals surface area contributed by atoms with Crippen LogP contribution in [-0.2, 0) is 17.9 Å². The molecule has 0 saturated carbocycles. The van der Waals surface area contributed by atoms with Crippen LogP contribution < -0.4 is 10.2 Å². The largest absolute Gasteiger partial charge is 0.388 e. The SMILES string of the molecule is C[C@H]1Cn2ncc(N3C[C@@H](O)C(O)C3=O)c2CN1C(=O)Nc1cc(F)c(F)c(F)c1. The van der Waals surface area contributed by atoms with Gasteiger partial charge in [0.15, 0.2) is 23.6 Å². The number of halogens is 3. The van der Waals surface area contributed by atoms with Crippen LogP contribution in [0.4, 0.5) is 29.3 Å². The maximum atomic E-state index is 13.4. The summed E-state index contributed by atoms with van der Waals surface area (Å²) in [5.41, 5.74) is 0.595. The van der Waals surface area contributed by atoms with Gasteiger partial charge in [-0.1, -0.05) is 0 Å². The van der Waals surface area contributed by atoms with Gasteiger partial charge in [0.25, 0.3) is 5.91 Å². The highest BCUT2D eigenvalue weighted by Crippen LogP contribution is 2.30. The predicted molar refractivity (Wildman–Crippen MR) is 96.9 cm³/mol. The Balaban J connectivity index is 1.57. The fraction of sp³-hybridized carbons (Fsp3) is 0.389. The van der Waals surface area contributed by atoms with Crippen LogP contribution in [0.15, 0.2) is 18.3 Å². The molecule has 160 valence electrons. The number of nitrogens with zero attached hydrogens (tertiary/aromatic N) is 4. The second kappa shape index (κ2) is 7.29. The van der Waals surface area contributed by atoms with Crippen LogP contribution >= 0.6 is 0 Å². The lowest BCUT2D eigenvalue weighted by Crippen LogP contribution is -2.47. The van der Waals surface area contributed by atoms with Crippen LogP contribution in [0.3, 0.4) is 0 Å². The highest BCUT2D eigenvalue weighted by Gasteiger charge is 2.41. The Morgan fingerprint density at radius 2 is 1.87 bits per heavy atom. The summed E-state index contributed by atoms with van der Waals surface area (Å²) in [6.07, 6.45) is -1.36. The molecule has 1 unspecified atom stereocenters. The Morgan fingerprint density at radius 3 is 2.47 bits per heavy atom. The lowest BCUT2D eigenvalue weighted by molar-refractivity contribution is -0.126. The quantitative estimate of drug-likeness (QED) is 0.617. The number of urea groups is 1. The Hall–Kier alpha value is -3.12. The van der Waals surface area contributed by atoms with Gasteiger partial charge in [-0.2, -0.15) is 5.10 Å². The fourth-order valence-electron chi connectivity index (χ4n) is 3.63. The van der Waals surface area contributed by atoms with Crippen molar-refractivity contribution in [1.29, 1.82) is 0 Å². The van der Waals surface area contributed by atoms with Crippen molar-refractivity contribution in [2.75, 3.05) is 16.8 Å². The van der Waals surface area contributed by atoms with Crippen molar-refractivity contribution in [2.45, 2.75) is 38.3 Å². The smallest absolute Gasteiger partial charge is 0.322 e. The van der Waals surface area contributed by atoms with E-state index in [1.165, 1.54) is 16.0 Å². The molecule has 1 aromatic carbocycles. The molecule has 4 rings (SSSR count). The average molecular weight is 425 g/mol. The number of fused-ring (bicyclic) bond motifs is 1. The number of nitrogens with one attached hydrogen (secondary N) is 1. The third-order valence-electron chi connectivity index (χ3n) is 5.26. The summed E-state index contributed by atoms with van der Waals surface area (Å²) >= 11 is 0. The molecule has 12 heteroatoms. The number of benzene rings is 1. The number of rotatable bonds is 2. The van der Waals surface area contributed by atoms with Crippen molar-refractivity contribution in [1.82, 2.24) is 14.7 Å². The van der Waals surface area contributed by atoms with Crippen molar-refractivity contribution in [2.24, 2.45) is 0 Å². The molecule has 3 N–H and O–H groups in total. The number of carbonyl (C=O) groups excluding carboxylic acids is 2. The highest BCUT2D eigenvalue weighted by atomic mass is 19.2. The number of hydrogen-bond donors (Lipinski definition) is 3. The Labute approximate surface area is 168 Å². The topological polar surface area (TPSA) is 111 Å². The van der Waals surface area contributed by atoms with Crippen molar-refractivity contribution in [3.63, 3.8) is 0 Å². The van der Waals surface area contributed by atoms with Gasteiger partial charge >= 0.3 is 6.03 Å². The number of aliphatic hydroxyl groups is 2. The number of hydrogen-bond acceptors (Lipinski definition) is 5. The monoisotopic (exact) mass is 425 g/mol. The van der Waals surface area contributed by atoms with E-state index in [0.717, 1.165) is 0 Å². The van der Waals surface area contributed by atoms with Crippen LogP contribution in [0.1, 0.15) is 12.6 Å². The van der Waals surface area contributed by atoms with Crippen LogP contribution in [0, 0.1) is 17.5 Å². The number of β-amino-alcohol motifs (C(OH)–C–C–N with tert-alkyl or cyclic N) is 1. The molecular formula is C18H18F3N5O4. The maximum absolute atomic E-state index is 13.4. The Kier molecular flexibility index (Phi) is 4.90. The molecular weight excluding hydrogens is 407 g/mol. The Bertz CT molecular complexity index is 1010.